The Morgan fingerprint density at radius 1 is 1.19 bits per heavy atom. The largest absolute Gasteiger partial charge is 0.351 e. The summed E-state index contributed by atoms with van der Waals surface area (Å²) < 4.78 is 0. The lowest BCUT2D eigenvalue weighted by Crippen LogP contribution is -2.45. The molecule has 0 radical (unpaired) electrons. The molecule has 0 bridgehead atoms. The van der Waals surface area contributed by atoms with Crippen LogP contribution in [0, 0.1) is 11.8 Å². The van der Waals surface area contributed by atoms with Gasteiger partial charge in [0.25, 0.3) is 0 Å². The molecule has 0 heterocycles. The summed E-state index contributed by atoms with van der Waals surface area (Å²) in [6.07, 6.45) is 3.44. The van der Waals surface area contributed by atoms with E-state index in [2.05, 4.69) is 19.2 Å². The van der Waals surface area contributed by atoms with Crippen molar-refractivity contribution in [3.05, 3.63) is 0 Å². The number of nitrogens with two attached hydrogens (primary N) is 1. The van der Waals surface area contributed by atoms with Crippen LogP contribution in [0.3, 0.4) is 0 Å². The Morgan fingerprint density at radius 3 is 2.25 bits per heavy atom. The third-order valence-electron chi connectivity index (χ3n) is 2.99. The third kappa shape index (κ3) is 4.61. The van der Waals surface area contributed by atoms with E-state index in [0.717, 1.165) is 12.8 Å². The molecule has 0 spiro atoms. The molecule has 0 aliphatic heterocycles. The Balaban J connectivity index is 2.26. The Hall–Kier alpha value is -1.10. The molecule has 0 aromatic rings. The first-order valence-corrected chi connectivity index (χ1v) is 5.80. The minimum atomic E-state index is -0.794. The smallest absolute Gasteiger partial charge is 0.318 e. The van der Waals surface area contributed by atoms with Gasteiger partial charge in [-0.1, -0.05) is 13.8 Å². The summed E-state index contributed by atoms with van der Waals surface area (Å²) in [4.78, 5) is 21.6. The normalized spacial score (nSPS) is 29.8. The van der Waals surface area contributed by atoms with E-state index in [0.29, 0.717) is 17.9 Å². The summed E-state index contributed by atoms with van der Waals surface area (Å²) in [5.41, 5.74) is 4.85. The number of imide groups is 1. The van der Waals surface area contributed by atoms with E-state index in [9.17, 15) is 9.59 Å². The van der Waals surface area contributed by atoms with Crippen molar-refractivity contribution in [2.75, 3.05) is 6.54 Å². The minimum absolute atomic E-state index is 0.160. The summed E-state index contributed by atoms with van der Waals surface area (Å²) in [7, 11) is 0. The molecule has 0 aromatic heterocycles. The standard InChI is InChI=1S/C11H21N3O2/c1-7-3-8(2)5-9(4-7)13-6-10(15)14-11(12)16/h7-9,13H,3-6H2,1-2H3,(H3,12,14,15,16). The maximum atomic E-state index is 11.2. The molecular weight excluding hydrogens is 206 g/mol. The lowest BCUT2D eigenvalue weighted by molar-refractivity contribution is -0.119. The van der Waals surface area contributed by atoms with Crippen LogP contribution in [0.5, 0.6) is 0 Å². The quantitative estimate of drug-likeness (QED) is 0.660. The maximum Gasteiger partial charge on any atom is 0.318 e. The van der Waals surface area contributed by atoms with Gasteiger partial charge < -0.3 is 11.1 Å². The van der Waals surface area contributed by atoms with E-state index in [-0.39, 0.29) is 12.5 Å². The lowest BCUT2D eigenvalue weighted by Gasteiger charge is -2.31. The molecule has 92 valence electrons. The van der Waals surface area contributed by atoms with Crippen LogP contribution in [0.1, 0.15) is 33.1 Å². The fourth-order valence-electron chi connectivity index (χ4n) is 2.53. The van der Waals surface area contributed by atoms with E-state index < -0.39 is 6.03 Å². The highest BCUT2D eigenvalue weighted by Gasteiger charge is 2.23. The van der Waals surface area contributed by atoms with E-state index in [1.165, 1.54) is 6.42 Å². The zero-order chi connectivity index (χ0) is 12.1. The average Bonchev–Trinajstić information content (AvgIpc) is 2.12. The van der Waals surface area contributed by atoms with Crippen LogP contribution >= 0.6 is 0 Å². The second-order valence-corrected chi connectivity index (χ2v) is 4.91. The number of carbonyl (C=O) groups is 2. The predicted molar refractivity (Wildman–Crippen MR) is 61.7 cm³/mol. The summed E-state index contributed by atoms with van der Waals surface area (Å²) in [6.45, 7) is 4.62. The molecule has 0 saturated heterocycles. The molecule has 1 aliphatic rings. The highest BCUT2D eigenvalue weighted by Crippen LogP contribution is 2.28. The number of carbonyl (C=O) groups excluding carboxylic acids is 2. The van der Waals surface area contributed by atoms with Crippen LogP contribution in [0.15, 0.2) is 0 Å². The van der Waals surface area contributed by atoms with Crippen molar-refractivity contribution in [2.24, 2.45) is 17.6 Å². The van der Waals surface area contributed by atoms with Gasteiger partial charge in [0, 0.05) is 6.04 Å². The average molecular weight is 227 g/mol. The van der Waals surface area contributed by atoms with Gasteiger partial charge in [-0.05, 0) is 31.1 Å². The Bertz CT molecular complexity index is 258. The first kappa shape index (κ1) is 13.0. The Morgan fingerprint density at radius 2 is 1.75 bits per heavy atom. The number of amides is 3. The lowest BCUT2D eigenvalue weighted by atomic mass is 9.80. The molecule has 16 heavy (non-hydrogen) atoms. The van der Waals surface area contributed by atoms with Crippen LogP contribution in [-0.2, 0) is 4.79 Å². The molecule has 2 unspecified atom stereocenters. The van der Waals surface area contributed by atoms with Gasteiger partial charge in [0.15, 0.2) is 0 Å². The van der Waals surface area contributed by atoms with Gasteiger partial charge in [0.2, 0.25) is 5.91 Å². The summed E-state index contributed by atoms with van der Waals surface area (Å²) in [5.74, 6) is 1.03. The van der Waals surface area contributed by atoms with Gasteiger partial charge >= 0.3 is 6.03 Å². The number of rotatable bonds is 3. The molecule has 4 N–H and O–H groups in total. The predicted octanol–water partition coefficient (Wildman–Crippen LogP) is 0.596. The fourth-order valence-corrected chi connectivity index (χ4v) is 2.53. The van der Waals surface area contributed by atoms with E-state index >= 15 is 0 Å². The van der Waals surface area contributed by atoms with Gasteiger partial charge in [-0.2, -0.15) is 0 Å². The van der Waals surface area contributed by atoms with Crippen molar-refractivity contribution < 1.29 is 9.59 Å². The SMILES string of the molecule is CC1CC(C)CC(NCC(=O)NC(N)=O)C1. The topological polar surface area (TPSA) is 84.2 Å². The molecular formula is C11H21N3O2. The van der Waals surface area contributed by atoms with Crippen molar-refractivity contribution in [1.82, 2.24) is 10.6 Å². The van der Waals surface area contributed by atoms with E-state index in [1.807, 2.05) is 5.32 Å². The van der Waals surface area contributed by atoms with Gasteiger partial charge in [0.1, 0.15) is 0 Å². The first-order valence-electron chi connectivity index (χ1n) is 5.80. The molecule has 2 atom stereocenters. The van der Waals surface area contributed by atoms with Crippen LogP contribution < -0.4 is 16.4 Å². The summed E-state index contributed by atoms with van der Waals surface area (Å²) in [6, 6.07) is -0.422. The van der Waals surface area contributed by atoms with Gasteiger partial charge in [0.05, 0.1) is 6.54 Å². The fraction of sp³-hybridized carbons (Fsp3) is 0.818. The maximum absolute atomic E-state index is 11.2. The molecule has 1 rings (SSSR count). The third-order valence-corrected chi connectivity index (χ3v) is 2.99. The van der Waals surface area contributed by atoms with Crippen molar-refractivity contribution in [1.29, 1.82) is 0 Å². The molecule has 1 fully saturated rings. The summed E-state index contributed by atoms with van der Waals surface area (Å²) in [5, 5.41) is 5.21. The van der Waals surface area contributed by atoms with Crippen molar-refractivity contribution in [3.8, 4) is 0 Å². The number of hydrogen-bond donors (Lipinski definition) is 3. The second kappa shape index (κ2) is 5.84. The van der Waals surface area contributed by atoms with Crippen molar-refractivity contribution >= 4 is 11.9 Å². The number of nitrogens with one attached hydrogen (secondary N) is 2. The van der Waals surface area contributed by atoms with Crippen LogP contribution in [0.2, 0.25) is 0 Å². The van der Waals surface area contributed by atoms with Crippen LogP contribution in [-0.4, -0.2) is 24.5 Å². The minimum Gasteiger partial charge on any atom is -0.351 e. The van der Waals surface area contributed by atoms with Crippen LogP contribution in [0.4, 0.5) is 4.79 Å². The van der Waals surface area contributed by atoms with Crippen molar-refractivity contribution in [2.45, 2.75) is 39.2 Å². The van der Waals surface area contributed by atoms with E-state index in [4.69, 9.17) is 5.73 Å². The van der Waals surface area contributed by atoms with Crippen LogP contribution in [0.25, 0.3) is 0 Å². The Labute approximate surface area is 96.1 Å². The van der Waals surface area contributed by atoms with E-state index in [1.54, 1.807) is 0 Å². The molecule has 3 amide bonds. The van der Waals surface area contributed by atoms with Crippen molar-refractivity contribution in [3.63, 3.8) is 0 Å². The molecule has 1 aliphatic carbocycles. The Kier molecular flexibility index (Phi) is 4.73. The number of urea groups is 1. The molecule has 0 aromatic carbocycles. The number of primary amides is 1. The summed E-state index contributed by atoms with van der Waals surface area (Å²) >= 11 is 0. The van der Waals surface area contributed by atoms with Gasteiger partial charge in [-0.3, -0.25) is 10.1 Å². The second-order valence-electron chi connectivity index (χ2n) is 4.91. The zero-order valence-corrected chi connectivity index (χ0v) is 9.95. The molecule has 1 saturated carbocycles. The molecule has 5 nitrogen and oxygen atoms in total. The van der Waals surface area contributed by atoms with Gasteiger partial charge in [-0.15, -0.1) is 0 Å². The zero-order valence-electron chi connectivity index (χ0n) is 9.95. The highest BCUT2D eigenvalue weighted by atomic mass is 16.2. The molecule has 5 heteroatoms. The van der Waals surface area contributed by atoms with Gasteiger partial charge in [-0.25, -0.2) is 4.79 Å². The monoisotopic (exact) mass is 227 g/mol. The highest BCUT2D eigenvalue weighted by molar-refractivity contribution is 5.94. The number of hydrogen-bond acceptors (Lipinski definition) is 3. The first-order chi connectivity index (χ1) is 7.47.